The molecule has 4 nitrogen and oxygen atoms in total. The molecule has 3 aliphatic rings. The van der Waals surface area contributed by atoms with Crippen LogP contribution >= 0.6 is 0 Å². The van der Waals surface area contributed by atoms with Gasteiger partial charge in [-0.05, 0) is 18.2 Å². The molecule has 2 N–H and O–H groups in total. The number of hydrogen-bond acceptors (Lipinski definition) is 3. The molecule has 3 heterocycles. The van der Waals surface area contributed by atoms with Crippen molar-refractivity contribution < 1.29 is 4.79 Å². The summed E-state index contributed by atoms with van der Waals surface area (Å²) in [5.74, 6) is 0.188. The molecule has 4 heteroatoms. The van der Waals surface area contributed by atoms with E-state index in [0.717, 1.165) is 30.2 Å². The minimum Gasteiger partial charge on any atom is -0.399 e. The summed E-state index contributed by atoms with van der Waals surface area (Å²) in [4.78, 5) is 15.5. The smallest absolute Gasteiger partial charge is 0.246 e. The second-order valence-electron chi connectivity index (χ2n) is 3.72. The van der Waals surface area contributed by atoms with Crippen molar-refractivity contribution in [2.45, 2.75) is 0 Å². The van der Waals surface area contributed by atoms with E-state index in [1.54, 1.807) is 0 Å². The SMILES string of the molecule is Nc1ccc2c(c1)N1CCN2C(=O)C1. The average molecular weight is 189 g/mol. The predicted octanol–water partition coefficient (Wildman–Crippen LogP) is 0.435. The lowest BCUT2D eigenvalue weighted by molar-refractivity contribution is -0.118. The van der Waals surface area contributed by atoms with Crippen molar-refractivity contribution in [3.63, 3.8) is 0 Å². The Morgan fingerprint density at radius 3 is 2.86 bits per heavy atom. The standard InChI is InChI=1S/C10H11N3O/c11-7-1-2-8-9(5-7)12-3-4-13(8)10(14)6-12/h1-2,5H,3-4,6,11H2. The Balaban J connectivity index is 2.20. The maximum absolute atomic E-state index is 11.6. The van der Waals surface area contributed by atoms with E-state index < -0.39 is 0 Å². The minimum absolute atomic E-state index is 0.188. The van der Waals surface area contributed by atoms with E-state index in [9.17, 15) is 4.79 Å². The number of carbonyl (C=O) groups excluding carboxylic acids is 1. The topological polar surface area (TPSA) is 49.6 Å². The van der Waals surface area contributed by atoms with Gasteiger partial charge in [0.25, 0.3) is 0 Å². The van der Waals surface area contributed by atoms with Gasteiger partial charge in [-0.25, -0.2) is 0 Å². The fraction of sp³-hybridized carbons (Fsp3) is 0.300. The second-order valence-corrected chi connectivity index (χ2v) is 3.72. The van der Waals surface area contributed by atoms with Crippen LogP contribution < -0.4 is 15.5 Å². The van der Waals surface area contributed by atoms with Gasteiger partial charge in [0.15, 0.2) is 0 Å². The van der Waals surface area contributed by atoms with Crippen molar-refractivity contribution in [1.82, 2.24) is 0 Å². The number of hydrogen-bond donors (Lipinski definition) is 1. The molecule has 0 radical (unpaired) electrons. The highest BCUT2D eigenvalue weighted by molar-refractivity contribution is 6.05. The van der Waals surface area contributed by atoms with Crippen LogP contribution in [0.4, 0.5) is 17.1 Å². The lowest BCUT2D eigenvalue weighted by Crippen LogP contribution is -2.55. The zero-order chi connectivity index (χ0) is 9.71. The molecule has 1 aromatic rings. The number of fused-ring (bicyclic) bond motifs is 2. The number of carbonyl (C=O) groups is 1. The number of benzene rings is 1. The summed E-state index contributed by atoms with van der Waals surface area (Å²) >= 11 is 0. The summed E-state index contributed by atoms with van der Waals surface area (Å²) in [6, 6.07) is 5.70. The third kappa shape index (κ3) is 0.852. The van der Waals surface area contributed by atoms with E-state index in [1.165, 1.54) is 0 Å². The molecule has 1 amide bonds. The van der Waals surface area contributed by atoms with E-state index in [-0.39, 0.29) is 5.91 Å². The first kappa shape index (κ1) is 7.67. The summed E-state index contributed by atoms with van der Waals surface area (Å²) in [5.41, 5.74) is 8.57. The Hall–Kier alpha value is -1.71. The molecule has 1 fully saturated rings. The number of piperazine rings is 1. The van der Waals surface area contributed by atoms with Crippen molar-refractivity contribution >= 4 is 23.0 Å². The zero-order valence-corrected chi connectivity index (χ0v) is 7.73. The highest BCUT2D eigenvalue weighted by Crippen LogP contribution is 2.37. The molecule has 1 aromatic carbocycles. The van der Waals surface area contributed by atoms with Gasteiger partial charge in [0.1, 0.15) is 0 Å². The molecule has 0 saturated carbocycles. The highest BCUT2D eigenvalue weighted by atomic mass is 16.2. The quantitative estimate of drug-likeness (QED) is 0.602. The Morgan fingerprint density at radius 2 is 2.07 bits per heavy atom. The van der Waals surface area contributed by atoms with Gasteiger partial charge in [0.05, 0.1) is 17.9 Å². The van der Waals surface area contributed by atoms with Crippen LogP contribution in [0.3, 0.4) is 0 Å². The Morgan fingerprint density at radius 1 is 1.21 bits per heavy atom. The molecule has 0 aliphatic carbocycles. The van der Waals surface area contributed by atoms with E-state index >= 15 is 0 Å². The average Bonchev–Trinajstić information content (AvgIpc) is 2.18. The maximum atomic E-state index is 11.6. The molecule has 0 spiro atoms. The molecule has 0 aromatic heterocycles. The molecular weight excluding hydrogens is 178 g/mol. The van der Waals surface area contributed by atoms with Gasteiger partial charge in [-0.15, -0.1) is 0 Å². The lowest BCUT2D eigenvalue weighted by Gasteiger charge is -2.43. The van der Waals surface area contributed by atoms with E-state index in [4.69, 9.17) is 5.73 Å². The number of nitrogens with two attached hydrogens (primary N) is 1. The van der Waals surface area contributed by atoms with Gasteiger partial charge >= 0.3 is 0 Å². The van der Waals surface area contributed by atoms with Gasteiger partial charge < -0.3 is 15.5 Å². The number of anilines is 3. The molecule has 3 aliphatic heterocycles. The third-order valence-corrected chi connectivity index (χ3v) is 2.85. The van der Waals surface area contributed by atoms with Crippen LogP contribution in [-0.4, -0.2) is 25.5 Å². The van der Waals surface area contributed by atoms with Gasteiger partial charge in [-0.3, -0.25) is 4.79 Å². The largest absolute Gasteiger partial charge is 0.399 e. The zero-order valence-electron chi connectivity index (χ0n) is 7.73. The summed E-state index contributed by atoms with van der Waals surface area (Å²) in [6.45, 7) is 2.22. The molecule has 4 rings (SSSR count). The van der Waals surface area contributed by atoms with Crippen molar-refractivity contribution in [1.29, 1.82) is 0 Å². The fourth-order valence-corrected chi connectivity index (χ4v) is 2.16. The van der Waals surface area contributed by atoms with Crippen LogP contribution in [0.2, 0.25) is 0 Å². The van der Waals surface area contributed by atoms with Crippen LogP contribution in [0, 0.1) is 0 Å². The second kappa shape index (κ2) is 2.41. The fourth-order valence-electron chi connectivity index (χ4n) is 2.16. The minimum atomic E-state index is 0.188. The Kier molecular flexibility index (Phi) is 1.32. The molecule has 1 saturated heterocycles. The molecule has 0 atom stereocenters. The summed E-state index contributed by atoms with van der Waals surface area (Å²) < 4.78 is 0. The van der Waals surface area contributed by atoms with Gasteiger partial charge in [0.2, 0.25) is 5.91 Å². The molecular formula is C10H11N3O. The first-order chi connectivity index (χ1) is 6.75. The van der Waals surface area contributed by atoms with Gasteiger partial charge in [-0.2, -0.15) is 0 Å². The summed E-state index contributed by atoms with van der Waals surface area (Å²) in [6.07, 6.45) is 0. The van der Waals surface area contributed by atoms with Gasteiger partial charge in [0, 0.05) is 18.8 Å². The predicted molar refractivity (Wildman–Crippen MR) is 55.4 cm³/mol. The van der Waals surface area contributed by atoms with Crippen LogP contribution in [0.25, 0.3) is 0 Å². The first-order valence-electron chi connectivity index (χ1n) is 4.70. The van der Waals surface area contributed by atoms with E-state index in [2.05, 4.69) is 4.90 Å². The van der Waals surface area contributed by atoms with Gasteiger partial charge in [-0.1, -0.05) is 0 Å². The van der Waals surface area contributed by atoms with Crippen LogP contribution in [0.15, 0.2) is 18.2 Å². The highest BCUT2D eigenvalue weighted by Gasteiger charge is 2.33. The van der Waals surface area contributed by atoms with Crippen LogP contribution in [0.1, 0.15) is 0 Å². The monoisotopic (exact) mass is 189 g/mol. The van der Waals surface area contributed by atoms with E-state index in [0.29, 0.717) is 6.54 Å². The number of nitrogen functional groups attached to an aromatic ring is 1. The molecule has 2 bridgehead atoms. The van der Waals surface area contributed by atoms with Crippen molar-refractivity contribution in [2.75, 3.05) is 35.2 Å². The van der Waals surface area contributed by atoms with Crippen LogP contribution in [-0.2, 0) is 4.79 Å². The number of amides is 1. The first-order valence-corrected chi connectivity index (χ1v) is 4.70. The van der Waals surface area contributed by atoms with Crippen molar-refractivity contribution in [3.05, 3.63) is 18.2 Å². The Bertz CT molecular complexity index is 416. The van der Waals surface area contributed by atoms with Crippen molar-refractivity contribution in [3.8, 4) is 0 Å². The summed E-state index contributed by atoms with van der Waals surface area (Å²) in [7, 11) is 0. The molecule has 0 unspecified atom stereocenters. The normalized spacial score (nSPS) is 18.7. The van der Waals surface area contributed by atoms with Crippen LogP contribution in [0.5, 0.6) is 0 Å². The Labute approximate surface area is 81.9 Å². The van der Waals surface area contributed by atoms with Crippen molar-refractivity contribution in [2.24, 2.45) is 0 Å². The third-order valence-electron chi connectivity index (χ3n) is 2.85. The number of rotatable bonds is 0. The number of nitrogens with zero attached hydrogens (tertiary/aromatic N) is 2. The molecule has 14 heavy (non-hydrogen) atoms. The molecule has 72 valence electrons. The lowest BCUT2D eigenvalue weighted by atomic mass is 10.1. The summed E-state index contributed by atoms with van der Waals surface area (Å²) in [5, 5.41) is 0. The van der Waals surface area contributed by atoms with E-state index in [1.807, 2.05) is 23.1 Å². The maximum Gasteiger partial charge on any atom is 0.246 e.